The zero-order chi connectivity index (χ0) is 13.0. The van der Waals surface area contributed by atoms with Gasteiger partial charge in [-0.05, 0) is 43.2 Å². The molecule has 18 heavy (non-hydrogen) atoms. The molecule has 1 heterocycles. The first-order chi connectivity index (χ1) is 8.70. The highest BCUT2D eigenvalue weighted by molar-refractivity contribution is 6.30. The van der Waals surface area contributed by atoms with E-state index >= 15 is 0 Å². The van der Waals surface area contributed by atoms with E-state index in [9.17, 15) is 0 Å². The van der Waals surface area contributed by atoms with Gasteiger partial charge in [0.2, 0.25) is 0 Å². The summed E-state index contributed by atoms with van der Waals surface area (Å²) in [6.07, 6.45) is 2.71. The van der Waals surface area contributed by atoms with Crippen LogP contribution in [0.15, 0.2) is 47.1 Å². The number of hydrogen-bond donors (Lipinski definition) is 1. The van der Waals surface area contributed by atoms with E-state index in [2.05, 4.69) is 25.2 Å². The lowest BCUT2D eigenvalue weighted by Crippen LogP contribution is -2.23. The third-order valence-corrected chi connectivity index (χ3v) is 3.32. The van der Waals surface area contributed by atoms with Crippen molar-refractivity contribution in [1.82, 2.24) is 5.32 Å². The van der Waals surface area contributed by atoms with Crippen molar-refractivity contribution in [1.29, 1.82) is 0 Å². The Kier molecular flexibility index (Phi) is 4.45. The number of halogens is 1. The smallest absolute Gasteiger partial charge is 0.120 e. The zero-order valence-electron chi connectivity index (χ0n) is 10.7. The van der Waals surface area contributed by atoms with Crippen LogP contribution >= 0.6 is 11.6 Å². The van der Waals surface area contributed by atoms with E-state index in [0.29, 0.717) is 0 Å². The molecule has 0 saturated carbocycles. The number of hydrogen-bond acceptors (Lipinski definition) is 2. The quantitative estimate of drug-likeness (QED) is 0.843. The summed E-state index contributed by atoms with van der Waals surface area (Å²) in [6, 6.07) is 12.4. The molecule has 1 N–H and O–H groups in total. The zero-order valence-corrected chi connectivity index (χ0v) is 11.4. The Hall–Kier alpha value is -1.25. The van der Waals surface area contributed by atoms with Crippen LogP contribution in [0, 0.1) is 0 Å². The van der Waals surface area contributed by atoms with Gasteiger partial charge in [-0.2, -0.15) is 0 Å². The van der Waals surface area contributed by atoms with Crippen molar-refractivity contribution in [3.63, 3.8) is 0 Å². The Morgan fingerprint density at radius 2 is 2.11 bits per heavy atom. The number of nitrogens with one attached hydrogen (secondary N) is 1. The van der Waals surface area contributed by atoms with Crippen LogP contribution in [0.1, 0.15) is 43.7 Å². The SMILES string of the molecule is CCC(N[C@H](C)c1ccco1)c1cccc(Cl)c1. The maximum atomic E-state index is 6.04. The molecule has 0 fully saturated rings. The molecule has 96 valence electrons. The van der Waals surface area contributed by atoms with Gasteiger partial charge in [0, 0.05) is 11.1 Å². The van der Waals surface area contributed by atoms with Crippen LogP contribution in [0.25, 0.3) is 0 Å². The van der Waals surface area contributed by atoms with Crippen LogP contribution in [0.2, 0.25) is 5.02 Å². The van der Waals surface area contributed by atoms with Gasteiger partial charge in [-0.15, -0.1) is 0 Å². The molecule has 0 aliphatic carbocycles. The minimum absolute atomic E-state index is 0.184. The van der Waals surface area contributed by atoms with Gasteiger partial charge in [0.1, 0.15) is 5.76 Å². The molecule has 1 unspecified atom stereocenters. The summed E-state index contributed by atoms with van der Waals surface area (Å²) in [5, 5.41) is 4.34. The van der Waals surface area contributed by atoms with E-state index in [0.717, 1.165) is 17.2 Å². The van der Waals surface area contributed by atoms with Crippen LogP contribution in [0.3, 0.4) is 0 Å². The van der Waals surface area contributed by atoms with Gasteiger partial charge in [0.15, 0.2) is 0 Å². The summed E-state index contributed by atoms with van der Waals surface area (Å²) in [4.78, 5) is 0. The third-order valence-electron chi connectivity index (χ3n) is 3.08. The third kappa shape index (κ3) is 3.15. The van der Waals surface area contributed by atoms with Gasteiger partial charge in [-0.1, -0.05) is 30.7 Å². The molecule has 0 spiro atoms. The van der Waals surface area contributed by atoms with Crippen molar-refractivity contribution in [2.24, 2.45) is 0 Å². The highest BCUT2D eigenvalue weighted by Gasteiger charge is 2.15. The van der Waals surface area contributed by atoms with E-state index in [1.807, 2.05) is 30.3 Å². The summed E-state index contributed by atoms with van der Waals surface area (Å²) >= 11 is 6.04. The van der Waals surface area contributed by atoms with E-state index in [1.54, 1.807) is 6.26 Å². The van der Waals surface area contributed by atoms with E-state index < -0.39 is 0 Å². The monoisotopic (exact) mass is 263 g/mol. The molecule has 0 bridgehead atoms. The molecular formula is C15H18ClNO. The van der Waals surface area contributed by atoms with Crippen LogP contribution in [0.5, 0.6) is 0 Å². The van der Waals surface area contributed by atoms with Crippen LogP contribution in [-0.4, -0.2) is 0 Å². The van der Waals surface area contributed by atoms with Crippen molar-refractivity contribution >= 4 is 11.6 Å². The van der Waals surface area contributed by atoms with Crippen LogP contribution in [0.4, 0.5) is 0 Å². The first-order valence-electron chi connectivity index (χ1n) is 6.25. The average molecular weight is 264 g/mol. The van der Waals surface area contributed by atoms with E-state index in [1.165, 1.54) is 5.56 Å². The average Bonchev–Trinajstić information content (AvgIpc) is 2.89. The summed E-state index contributed by atoms with van der Waals surface area (Å²) in [5.74, 6) is 0.954. The fourth-order valence-electron chi connectivity index (χ4n) is 2.09. The predicted molar refractivity (Wildman–Crippen MR) is 74.7 cm³/mol. The van der Waals surface area contributed by atoms with Crippen molar-refractivity contribution in [3.8, 4) is 0 Å². The predicted octanol–water partition coefficient (Wildman–Crippen LogP) is 4.73. The van der Waals surface area contributed by atoms with E-state index in [-0.39, 0.29) is 12.1 Å². The molecule has 0 amide bonds. The molecule has 2 aromatic rings. The Labute approximate surface area is 113 Å². The molecule has 1 aromatic heterocycles. The molecule has 1 aromatic carbocycles. The lowest BCUT2D eigenvalue weighted by Gasteiger charge is -2.21. The van der Waals surface area contributed by atoms with Crippen molar-refractivity contribution < 1.29 is 4.42 Å². The number of benzene rings is 1. The first kappa shape index (κ1) is 13.2. The van der Waals surface area contributed by atoms with Gasteiger partial charge >= 0.3 is 0 Å². The lowest BCUT2D eigenvalue weighted by molar-refractivity contribution is 0.387. The van der Waals surface area contributed by atoms with Gasteiger partial charge in [0.25, 0.3) is 0 Å². The Morgan fingerprint density at radius 3 is 2.72 bits per heavy atom. The fraction of sp³-hybridized carbons (Fsp3) is 0.333. The highest BCUT2D eigenvalue weighted by Crippen LogP contribution is 2.24. The molecule has 0 radical (unpaired) electrons. The minimum atomic E-state index is 0.184. The number of rotatable bonds is 5. The van der Waals surface area contributed by atoms with Crippen LogP contribution < -0.4 is 5.32 Å². The van der Waals surface area contributed by atoms with Gasteiger partial charge < -0.3 is 9.73 Å². The van der Waals surface area contributed by atoms with Crippen molar-refractivity contribution in [3.05, 3.63) is 59.0 Å². The Balaban J connectivity index is 2.10. The second-order valence-corrected chi connectivity index (χ2v) is 4.86. The molecule has 2 nitrogen and oxygen atoms in total. The Morgan fingerprint density at radius 1 is 1.28 bits per heavy atom. The van der Waals surface area contributed by atoms with Gasteiger partial charge in [0.05, 0.1) is 12.3 Å². The fourth-order valence-corrected chi connectivity index (χ4v) is 2.29. The molecule has 3 heteroatoms. The summed E-state index contributed by atoms with van der Waals surface area (Å²) in [6.45, 7) is 4.26. The minimum Gasteiger partial charge on any atom is -0.468 e. The van der Waals surface area contributed by atoms with Crippen molar-refractivity contribution in [2.75, 3.05) is 0 Å². The van der Waals surface area contributed by atoms with Gasteiger partial charge in [-0.3, -0.25) is 0 Å². The van der Waals surface area contributed by atoms with Crippen LogP contribution in [-0.2, 0) is 0 Å². The lowest BCUT2D eigenvalue weighted by atomic mass is 10.0. The molecule has 2 atom stereocenters. The second kappa shape index (κ2) is 6.07. The standard InChI is InChI=1S/C15H18ClNO/c1-3-14(12-6-4-7-13(16)10-12)17-11(2)15-8-5-9-18-15/h4-11,14,17H,3H2,1-2H3/t11-,14?/m1/s1. The maximum Gasteiger partial charge on any atom is 0.120 e. The normalized spacial score (nSPS) is 14.4. The van der Waals surface area contributed by atoms with E-state index in [4.69, 9.17) is 16.0 Å². The molecule has 0 saturated heterocycles. The summed E-state index contributed by atoms with van der Waals surface area (Å²) < 4.78 is 5.41. The first-order valence-corrected chi connectivity index (χ1v) is 6.63. The topological polar surface area (TPSA) is 25.2 Å². The molecule has 0 aliphatic rings. The van der Waals surface area contributed by atoms with Gasteiger partial charge in [-0.25, -0.2) is 0 Å². The number of furan rings is 1. The Bertz CT molecular complexity index is 481. The molecular weight excluding hydrogens is 246 g/mol. The second-order valence-electron chi connectivity index (χ2n) is 4.42. The molecule has 2 rings (SSSR count). The largest absolute Gasteiger partial charge is 0.468 e. The maximum absolute atomic E-state index is 6.04. The summed E-state index contributed by atoms with van der Waals surface area (Å²) in [7, 11) is 0. The highest BCUT2D eigenvalue weighted by atomic mass is 35.5. The molecule has 0 aliphatic heterocycles. The summed E-state index contributed by atoms with van der Waals surface area (Å²) in [5.41, 5.74) is 1.21. The van der Waals surface area contributed by atoms with Crippen molar-refractivity contribution in [2.45, 2.75) is 32.4 Å².